The van der Waals surface area contributed by atoms with Gasteiger partial charge < -0.3 is 10.2 Å². The molecule has 0 radical (unpaired) electrons. The minimum Gasteiger partial charge on any atom is -0.370 e. The summed E-state index contributed by atoms with van der Waals surface area (Å²) in [5.74, 6) is 0.0750. The highest BCUT2D eigenvalue weighted by molar-refractivity contribution is 7.91. The van der Waals surface area contributed by atoms with E-state index in [0.29, 0.717) is 23.1 Å². The van der Waals surface area contributed by atoms with Crippen LogP contribution in [-0.4, -0.2) is 73.8 Å². The second-order valence-electron chi connectivity index (χ2n) is 7.31. The summed E-state index contributed by atoms with van der Waals surface area (Å²) < 4.78 is 28.2. The molecule has 1 N–H and O–H groups in total. The first-order valence-corrected chi connectivity index (χ1v) is 11.0. The van der Waals surface area contributed by atoms with Gasteiger partial charge in [-0.3, -0.25) is 9.69 Å². The maximum absolute atomic E-state index is 12.5. The zero-order valence-electron chi connectivity index (χ0n) is 15.2. The van der Waals surface area contributed by atoms with Crippen molar-refractivity contribution in [2.75, 3.05) is 48.4 Å². The van der Waals surface area contributed by atoms with E-state index >= 15 is 0 Å². The topological polar surface area (TPSA) is 109 Å². The van der Waals surface area contributed by atoms with Gasteiger partial charge in [-0.25, -0.2) is 13.0 Å². The van der Waals surface area contributed by atoms with Crippen LogP contribution in [0.3, 0.4) is 0 Å². The van der Waals surface area contributed by atoms with Gasteiger partial charge in [-0.1, -0.05) is 0 Å². The average Bonchev–Trinajstić information content (AvgIpc) is 3.34. The molecule has 0 aliphatic carbocycles. The van der Waals surface area contributed by atoms with Gasteiger partial charge in [0, 0.05) is 19.1 Å². The Bertz CT molecular complexity index is 951. The van der Waals surface area contributed by atoms with E-state index in [1.54, 1.807) is 11.9 Å². The molecule has 0 spiro atoms. The van der Waals surface area contributed by atoms with Crippen molar-refractivity contribution in [1.29, 1.82) is 0 Å². The lowest BCUT2D eigenvalue weighted by atomic mass is 10.2. The molecule has 1 aromatic carbocycles. The fourth-order valence-corrected chi connectivity index (χ4v) is 5.64. The van der Waals surface area contributed by atoms with Gasteiger partial charge in [0.2, 0.25) is 5.91 Å². The van der Waals surface area contributed by atoms with Crippen molar-refractivity contribution in [2.45, 2.75) is 25.3 Å². The lowest BCUT2D eigenvalue weighted by Gasteiger charge is -2.22. The average molecular weight is 393 g/mol. The first kappa shape index (κ1) is 18.2. The fourth-order valence-electron chi connectivity index (χ4n) is 3.84. The molecule has 1 aromatic heterocycles. The number of carbonyl (C=O) groups excluding carboxylic acids is 1. The van der Waals surface area contributed by atoms with E-state index in [2.05, 4.69) is 20.5 Å². The monoisotopic (exact) mass is 393 g/mol. The molecule has 2 aromatic rings. The standard InChI is InChI=1S/C17H23N5O4S/c1-21(12-6-9-27(24,25)11-12)10-15(23)18-13-4-5-14(22-7-2-3-8-22)17-16(13)19-26-20-17/h4-5,12H,2-3,6-11H2,1H3,(H,18,23)/t12-/m0/s1. The molecule has 2 aliphatic heterocycles. The van der Waals surface area contributed by atoms with Crippen molar-refractivity contribution in [3.63, 3.8) is 0 Å². The normalized spacial score (nSPS) is 22.0. The van der Waals surface area contributed by atoms with Crippen LogP contribution in [0, 0.1) is 0 Å². The van der Waals surface area contributed by atoms with Crippen LogP contribution in [0.5, 0.6) is 0 Å². The van der Waals surface area contributed by atoms with E-state index < -0.39 is 9.84 Å². The van der Waals surface area contributed by atoms with Crippen LogP contribution in [0.2, 0.25) is 0 Å². The molecule has 0 unspecified atom stereocenters. The molecule has 2 saturated heterocycles. The molecule has 1 amide bonds. The lowest BCUT2D eigenvalue weighted by Crippen LogP contribution is -2.38. The number of hydrogen-bond donors (Lipinski definition) is 1. The van der Waals surface area contributed by atoms with Crippen LogP contribution in [0.4, 0.5) is 11.4 Å². The molecular weight excluding hydrogens is 370 g/mol. The number of likely N-dealkylation sites (N-methyl/N-ethyl adjacent to an activating group) is 1. The Morgan fingerprint density at radius 2 is 2.04 bits per heavy atom. The SMILES string of the molecule is CN(CC(=O)Nc1ccc(N2CCCC2)c2nonc12)[C@H]1CCS(=O)(=O)C1. The van der Waals surface area contributed by atoms with E-state index in [9.17, 15) is 13.2 Å². The number of nitrogens with zero attached hydrogens (tertiary/aromatic N) is 4. The number of aromatic nitrogens is 2. The van der Waals surface area contributed by atoms with Crippen LogP contribution >= 0.6 is 0 Å². The number of amides is 1. The molecule has 4 rings (SSSR count). The third-order valence-corrected chi connectivity index (χ3v) is 7.09. The largest absolute Gasteiger partial charge is 0.370 e. The van der Waals surface area contributed by atoms with Gasteiger partial charge in [0.25, 0.3) is 0 Å². The highest BCUT2D eigenvalue weighted by Gasteiger charge is 2.31. The number of rotatable bonds is 5. The minimum atomic E-state index is -2.98. The number of anilines is 2. The number of hydrogen-bond acceptors (Lipinski definition) is 8. The van der Waals surface area contributed by atoms with Gasteiger partial charge in [-0.15, -0.1) is 0 Å². The summed E-state index contributed by atoms with van der Waals surface area (Å²) in [5, 5.41) is 10.8. The summed E-state index contributed by atoms with van der Waals surface area (Å²) in [7, 11) is -1.21. The second kappa shape index (κ2) is 7.08. The third kappa shape index (κ3) is 3.77. The van der Waals surface area contributed by atoms with E-state index in [4.69, 9.17) is 4.63 Å². The summed E-state index contributed by atoms with van der Waals surface area (Å²) in [4.78, 5) is 16.5. The van der Waals surface area contributed by atoms with Gasteiger partial charge in [-0.05, 0) is 48.8 Å². The molecule has 1 atom stereocenters. The number of fused-ring (bicyclic) bond motifs is 1. The molecule has 9 nitrogen and oxygen atoms in total. The molecule has 0 saturated carbocycles. The minimum absolute atomic E-state index is 0.110. The van der Waals surface area contributed by atoms with Crippen molar-refractivity contribution in [3.8, 4) is 0 Å². The quantitative estimate of drug-likeness (QED) is 0.797. The molecule has 27 heavy (non-hydrogen) atoms. The Morgan fingerprint density at radius 1 is 1.30 bits per heavy atom. The van der Waals surface area contributed by atoms with Gasteiger partial charge in [0.05, 0.1) is 29.4 Å². The maximum atomic E-state index is 12.5. The molecule has 146 valence electrons. The van der Waals surface area contributed by atoms with E-state index in [0.717, 1.165) is 31.6 Å². The molecule has 3 heterocycles. The summed E-state index contributed by atoms with van der Waals surface area (Å²) in [6.07, 6.45) is 2.86. The second-order valence-corrected chi connectivity index (χ2v) is 9.54. The van der Waals surface area contributed by atoms with Gasteiger partial charge in [0.1, 0.15) is 0 Å². The van der Waals surface area contributed by atoms with E-state index in [1.807, 2.05) is 12.1 Å². The van der Waals surface area contributed by atoms with Crippen molar-refractivity contribution in [3.05, 3.63) is 12.1 Å². The highest BCUT2D eigenvalue weighted by atomic mass is 32.2. The van der Waals surface area contributed by atoms with Gasteiger partial charge >= 0.3 is 0 Å². The Hall–Kier alpha value is -2.20. The van der Waals surface area contributed by atoms with E-state index in [-0.39, 0.29) is 30.0 Å². The number of sulfone groups is 1. The Kier molecular flexibility index (Phi) is 4.77. The zero-order chi connectivity index (χ0) is 19.0. The Labute approximate surface area is 157 Å². The fraction of sp³-hybridized carbons (Fsp3) is 0.588. The maximum Gasteiger partial charge on any atom is 0.238 e. The Balaban J connectivity index is 1.46. The molecular formula is C17H23N5O4S. The van der Waals surface area contributed by atoms with Crippen molar-refractivity contribution < 1.29 is 17.8 Å². The van der Waals surface area contributed by atoms with Crippen LogP contribution in [0.25, 0.3) is 11.0 Å². The predicted octanol–water partition coefficient (Wildman–Crippen LogP) is 0.880. The van der Waals surface area contributed by atoms with Gasteiger partial charge in [0.15, 0.2) is 20.9 Å². The Morgan fingerprint density at radius 3 is 2.74 bits per heavy atom. The molecule has 10 heteroatoms. The molecule has 2 fully saturated rings. The summed E-state index contributed by atoms with van der Waals surface area (Å²) in [5.41, 5.74) is 2.69. The van der Waals surface area contributed by atoms with Crippen LogP contribution < -0.4 is 10.2 Å². The summed E-state index contributed by atoms with van der Waals surface area (Å²) >= 11 is 0. The lowest BCUT2D eigenvalue weighted by molar-refractivity contribution is -0.117. The van der Waals surface area contributed by atoms with Crippen molar-refractivity contribution in [2.24, 2.45) is 0 Å². The highest BCUT2D eigenvalue weighted by Crippen LogP contribution is 2.31. The van der Waals surface area contributed by atoms with Crippen LogP contribution in [0.15, 0.2) is 16.8 Å². The molecule has 2 aliphatic rings. The first-order valence-electron chi connectivity index (χ1n) is 9.14. The number of carbonyl (C=O) groups is 1. The third-order valence-electron chi connectivity index (χ3n) is 5.34. The number of benzene rings is 1. The molecule has 0 bridgehead atoms. The van der Waals surface area contributed by atoms with Crippen molar-refractivity contribution >= 4 is 38.2 Å². The summed E-state index contributed by atoms with van der Waals surface area (Å²) in [6.45, 7) is 2.06. The van der Waals surface area contributed by atoms with E-state index in [1.165, 1.54) is 0 Å². The predicted molar refractivity (Wildman–Crippen MR) is 102 cm³/mol. The first-order chi connectivity index (χ1) is 12.9. The van der Waals surface area contributed by atoms with Crippen LogP contribution in [0.1, 0.15) is 19.3 Å². The van der Waals surface area contributed by atoms with Gasteiger partial charge in [-0.2, -0.15) is 0 Å². The zero-order valence-corrected chi connectivity index (χ0v) is 16.0. The van der Waals surface area contributed by atoms with Crippen molar-refractivity contribution in [1.82, 2.24) is 15.2 Å². The van der Waals surface area contributed by atoms with Crippen LogP contribution in [-0.2, 0) is 14.6 Å². The number of nitrogens with one attached hydrogen (secondary N) is 1. The smallest absolute Gasteiger partial charge is 0.238 e. The summed E-state index contributed by atoms with van der Waals surface area (Å²) in [6, 6.07) is 3.63.